The molecule has 1 atom stereocenters. The Morgan fingerprint density at radius 1 is 1.36 bits per heavy atom. The second-order valence-electron chi connectivity index (χ2n) is 2.26. The zero-order valence-electron chi connectivity index (χ0n) is 6.72. The summed E-state index contributed by atoms with van der Waals surface area (Å²) in [6, 6.07) is 0. The van der Waals surface area contributed by atoms with Gasteiger partial charge in [0, 0.05) is 11.3 Å². The molecule has 0 heterocycles. The van der Waals surface area contributed by atoms with Gasteiger partial charge in [-0.05, 0) is 6.42 Å². The maximum Gasteiger partial charge on any atom is 0.523 e. The normalized spacial score (nSPS) is 15.5. The first-order valence-corrected chi connectivity index (χ1v) is 5.74. The van der Waals surface area contributed by atoms with Gasteiger partial charge in [-0.25, -0.2) is 0 Å². The summed E-state index contributed by atoms with van der Waals surface area (Å²) in [4.78, 5) is 0. The van der Waals surface area contributed by atoms with Crippen LogP contribution in [0.3, 0.4) is 0 Å². The topological polar surface area (TPSA) is 43.4 Å². The van der Waals surface area contributed by atoms with Gasteiger partial charge in [0.2, 0.25) is 0 Å². The van der Waals surface area contributed by atoms with Crippen LogP contribution in [0.1, 0.15) is 6.42 Å². The van der Waals surface area contributed by atoms with Crippen molar-refractivity contribution in [3.8, 4) is 0 Å². The van der Waals surface area contributed by atoms with E-state index in [0.717, 1.165) is 0 Å². The zero-order valence-corrected chi connectivity index (χ0v) is 9.05. The van der Waals surface area contributed by atoms with Gasteiger partial charge in [-0.3, -0.25) is 4.18 Å². The Hall–Kier alpha value is 0.280. The first kappa shape index (κ1) is 14.3. The van der Waals surface area contributed by atoms with E-state index in [2.05, 4.69) is 4.18 Å². The van der Waals surface area contributed by atoms with Crippen molar-refractivity contribution in [1.82, 2.24) is 0 Å². The molecule has 3 nitrogen and oxygen atoms in total. The van der Waals surface area contributed by atoms with Crippen molar-refractivity contribution in [3.63, 3.8) is 0 Å². The molecule has 0 aliphatic heterocycles. The molecule has 0 N–H and O–H groups in total. The summed E-state index contributed by atoms with van der Waals surface area (Å²) in [5, 5.41) is -0.611. The molecule has 9 heteroatoms. The van der Waals surface area contributed by atoms with Gasteiger partial charge in [0.15, 0.2) is 0 Å². The third kappa shape index (κ3) is 4.68. The van der Waals surface area contributed by atoms with Crippen molar-refractivity contribution in [1.29, 1.82) is 0 Å². The molecule has 0 fully saturated rings. The van der Waals surface area contributed by atoms with E-state index in [9.17, 15) is 21.6 Å². The fraction of sp³-hybridized carbons (Fsp3) is 1.00. The van der Waals surface area contributed by atoms with Crippen LogP contribution >= 0.6 is 23.2 Å². The minimum absolute atomic E-state index is 0.0109. The Bertz CT molecular complexity index is 264. The second kappa shape index (κ2) is 5.39. The average molecular weight is 275 g/mol. The summed E-state index contributed by atoms with van der Waals surface area (Å²) in [7, 11) is -5.50. The van der Waals surface area contributed by atoms with Crippen LogP contribution in [0.25, 0.3) is 0 Å². The molecule has 0 amide bonds. The van der Waals surface area contributed by atoms with Crippen molar-refractivity contribution < 1.29 is 25.8 Å². The average Bonchev–Trinajstić information content (AvgIpc) is 2.01. The van der Waals surface area contributed by atoms with Gasteiger partial charge in [-0.15, -0.1) is 23.2 Å². The monoisotopic (exact) mass is 274 g/mol. The molecule has 0 rings (SSSR count). The Morgan fingerprint density at radius 2 is 1.86 bits per heavy atom. The van der Waals surface area contributed by atoms with Crippen LogP contribution in [0.4, 0.5) is 13.2 Å². The maximum atomic E-state index is 11.7. The largest absolute Gasteiger partial charge is 0.523 e. The molecule has 0 bridgehead atoms. The number of hydrogen-bond acceptors (Lipinski definition) is 3. The lowest BCUT2D eigenvalue weighted by molar-refractivity contribution is -0.0542. The molecule has 0 saturated carbocycles. The number of hydrogen-bond donors (Lipinski definition) is 0. The summed E-state index contributed by atoms with van der Waals surface area (Å²) in [6.07, 6.45) is -0.0691. The fourth-order valence-electron chi connectivity index (χ4n) is 0.430. The third-order valence-corrected chi connectivity index (χ3v) is 3.07. The van der Waals surface area contributed by atoms with Crippen molar-refractivity contribution in [2.75, 3.05) is 12.5 Å². The Labute approximate surface area is 89.3 Å². The molecule has 0 spiro atoms. The molecule has 1 unspecified atom stereocenters. The third-order valence-electron chi connectivity index (χ3n) is 1.12. The Morgan fingerprint density at radius 3 is 2.21 bits per heavy atom. The van der Waals surface area contributed by atoms with Gasteiger partial charge in [-0.2, -0.15) is 21.6 Å². The van der Waals surface area contributed by atoms with E-state index in [0.29, 0.717) is 0 Å². The van der Waals surface area contributed by atoms with E-state index in [4.69, 9.17) is 23.2 Å². The zero-order chi connectivity index (χ0) is 11.4. The summed E-state index contributed by atoms with van der Waals surface area (Å²) < 4.78 is 59.3. The predicted octanol–water partition coefficient (Wildman–Crippen LogP) is 2.09. The van der Waals surface area contributed by atoms with E-state index >= 15 is 0 Å². The quantitative estimate of drug-likeness (QED) is 0.438. The van der Waals surface area contributed by atoms with E-state index in [1.165, 1.54) is 0 Å². The molecule has 0 radical (unpaired) electrons. The van der Waals surface area contributed by atoms with E-state index in [1.807, 2.05) is 0 Å². The lowest BCUT2D eigenvalue weighted by Gasteiger charge is -2.09. The standard InChI is InChI=1S/C5H7Cl2F3O3S/c6-3-4(7)1-2-13-14(11,12)5(8,9)10/h4H,1-3H2. The van der Waals surface area contributed by atoms with Crippen molar-refractivity contribution in [2.45, 2.75) is 17.3 Å². The van der Waals surface area contributed by atoms with Crippen LogP contribution in [0.2, 0.25) is 0 Å². The molecule has 0 aliphatic carbocycles. The predicted molar refractivity (Wildman–Crippen MR) is 45.9 cm³/mol. The maximum absolute atomic E-state index is 11.7. The molecular formula is C5H7Cl2F3O3S. The highest BCUT2D eigenvalue weighted by molar-refractivity contribution is 7.87. The van der Waals surface area contributed by atoms with Gasteiger partial charge in [0.1, 0.15) is 0 Å². The smallest absolute Gasteiger partial charge is 0.263 e. The molecule has 0 saturated heterocycles. The molecule has 0 aromatic rings. The van der Waals surface area contributed by atoms with Gasteiger partial charge in [-0.1, -0.05) is 0 Å². The Kier molecular flexibility index (Phi) is 5.50. The molecule has 0 aliphatic rings. The summed E-state index contributed by atoms with van der Waals surface area (Å²) >= 11 is 10.7. The second-order valence-corrected chi connectivity index (χ2v) is 4.79. The molecular weight excluding hydrogens is 268 g/mol. The number of rotatable bonds is 5. The van der Waals surface area contributed by atoms with Crippen LogP contribution in [0.15, 0.2) is 0 Å². The summed E-state index contributed by atoms with van der Waals surface area (Å²) in [5.41, 5.74) is -5.39. The summed E-state index contributed by atoms with van der Waals surface area (Å²) in [5.74, 6) is 0.0109. The lowest BCUT2D eigenvalue weighted by Crippen LogP contribution is -2.26. The highest BCUT2D eigenvalue weighted by Crippen LogP contribution is 2.24. The van der Waals surface area contributed by atoms with Crippen molar-refractivity contribution in [3.05, 3.63) is 0 Å². The first-order chi connectivity index (χ1) is 6.20. The number of alkyl halides is 5. The van der Waals surface area contributed by atoms with E-state index in [-0.39, 0.29) is 12.3 Å². The van der Waals surface area contributed by atoms with Crippen LogP contribution < -0.4 is 0 Å². The van der Waals surface area contributed by atoms with Crippen LogP contribution in [0.5, 0.6) is 0 Å². The van der Waals surface area contributed by atoms with Crippen LogP contribution in [-0.2, 0) is 14.3 Å². The highest BCUT2D eigenvalue weighted by atomic mass is 35.5. The molecule has 14 heavy (non-hydrogen) atoms. The van der Waals surface area contributed by atoms with Crippen molar-refractivity contribution in [2.24, 2.45) is 0 Å². The lowest BCUT2D eigenvalue weighted by atomic mass is 10.3. The SMILES string of the molecule is O=S(=O)(OCCC(Cl)CCl)C(F)(F)F. The van der Waals surface area contributed by atoms with Gasteiger partial charge < -0.3 is 0 Å². The van der Waals surface area contributed by atoms with Gasteiger partial charge >= 0.3 is 15.6 Å². The van der Waals surface area contributed by atoms with E-state index < -0.39 is 27.6 Å². The fourth-order valence-corrected chi connectivity index (χ4v) is 1.12. The van der Waals surface area contributed by atoms with Crippen LogP contribution in [0, 0.1) is 0 Å². The van der Waals surface area contributed by atoms with Gasteiger partial charge in [0.25, 0.3) is 0 Å². The molecule has 86 valence electrons. The van der Waals surface area contributed by atoms with Crippen molar-refractivity contribution >= 4 is 33.3 Å². The van der Waals surface area contributed by atoms with Crippen LogP contribution in [-0.4, -0.2) is 31.8 Å². The first-order valence-electron chi connectivity index (χ1n) is 3.36. The minimum Gasteiger partial charge on any atom is -0.263 e. The van der Waals surface area contributed by atoms with Gasteiger partial charge in [0.05, 0.1) is 6.61 Å². The molecule has 0 aromatic carbocycles. The molecule has 0 aromatic heterocycles. The highest BCUT2D eigenvalue weighted by Gasteiger charge is 2.47. The number of halogens is 5. The van der Waals surface area contributed by atoms with E-state index in [1.54, 1.807) is 0 Å². The minimum atomic E-state index is -5.50. The summed E-state index contributed by atoms with van der Waals surface area (Å²) in [6.45, 7) is -0.636. The Balaban J connectivity index is 4.03.